The molecule has 0 fully saturated rings. The van der Waals surface area contributed by atoms with Gasteiger partial charge >= 0.3 is 0 Å². The van der Waals surface area contributed by atoms with Crippen molar-refractivity contribution in [3.63, 3.8) is 0 Å². The van der Waals surface area contributed by atoms with Gasteiger partial charge in [-0.1, -0.05) is 30.3 Å². The molecule has 0 atom stereocenters. The number of aromatic nitrogens is 1. The lowest BCUT2D eigenvalue weighted by Crippen LogP contribution is -2.28. The van der Waals surface area contributed by atoms with Crippen LogP contribution in [-0.4, -0.2) is 23.9 Å². The second kappa shape index (κ2) is 5.95. The van der Waals surface area contributed by atoms with Gasteiger partial charge in [0.05, 0.1) is 5.56 Å². The van der Waals surface area contributed by atoms with Crippen LogP contribution in [0.15, 0.2) is 47.6 Å². The molecule has 2 heterocycles. The predicted molar refractivity (Wildman–Crippen MR) is 88.1 cm³/mol. The Bertz CT molecular complexity index is 634. The maximum Gasteiger partial charge on any atom is 0.141 e. The van der Waals surface area contributed by atoms with Crippen molar-refractivity contribution in [2.45, 2.75) is 26.4 Å². The summed E-state index contributed by atoms with van der Waals surface area (Å²) in [5.41, 5.74) is 3.44. The molecule has 3 rings (SSSR count). The fraction of sp³-hybridized carbons (Fsp3) is 0.294. The molecule has 0 spiro atoms. The average molecular weight is 280 g/mol. The van der Waals surface area contributed by atoms with Gasteiger partial charge in [0.2, 0.25) is 0 Å². The molecule has 0 saturated heterocycles. The van der Waals surface area contributed by atoms with E-state index in [0.717, 1.165) is 23.6 Å². The number of aliphatic imine (C=N–C) groups is 1. The van der Waals surface area contributed by atoms with Crippen molar-refractivity contribution in [3.8, 4) is 0 Å². The van der Waals surface area contributed by atoms with E-state index < -0.39 is 0 Å². The Hall–Kier alpha value is -2.36. The highest BCUT2D eigenvalue weighted by molar-refractivity contribution is 5.95. The van der Waals surface area contributed by atoms with Crippen LogP contribution >= 0.6 is 0 Å². The number of benzene rings is 1. The summed E-state index contributed by atoms with van der Waals surface area (Å²) in [5, 5.41) is 3.46. The first-order chi connectivity index (χ1) is 10.2. The van der Waals surface area contributed by atoms with E-state index in [1.807, 2.05) is 24.5 Å². The summed E-state index contributed by atoms with van der Waals surface area (Å²) in [4.78, 5) is 11.2. The number of fused-ring (bicyclic) bond motifs is 1. The van der Waals surface area contributed by atoms with Gasteiger partial charge in [0.1, 0.15) is 12.5 Å². The molecular weight excluding hydrogens is 260 g/mol. The Morgan fingerprint density at radius 1 is 1.19 bits per heavy atom. The van der Waals surface area contributed by atoms with Crippen molar-refractivity contribution in [2.75, 3.05) is 16.9 Å². The van der Waals surface area contributed by atoms with Crippen LogP contribution in [0, 0.1) is 0 Å². The third-order valence-electron chi connectivity index (χ3n) is 3.40. The molecule has 0 amide bonds. The summed E-state index contributed by atoms with van der Waals surface area (Å²) in [6.45, 7) is 5.74. The van der Waals surface area contributed by atoms with Crippen LogP contribution in [0.5, 0.6) is 0 Å². The van der Waals surface area contributed by atoms with Crippen LogP contribution < -0.4 is 10.2 Å². The van der Waals surface area contributed by atoms with Crippen LogP contribution in [0.2, 0.25) is 0 Å². The van der Waals surface area contributed by atoms with E-state index in [1.165, 1.54) is 5.56 Å². The molecule has 2 aromatic rings. The zero-order valence-corrected chi connectivity index (χ0v) is 12.5. The number of rotatable bonds is 4. The SMILES string of the molecule is CC(C)Nc1ccnc2c1C=NCN2Cc1ccccc1. The Balaban J connectivity index is 1.90. The first-order valence-corrected chi connectivity index (χ1v) is 7.28. The van der Waals surface area contributed by atoms with Crippen LogP contribution in [0.4, 0.5) is 11.5 Å². The Kier molecular flexibility index (Phi) is 3.86. The number of hydrogen-bond acceptors (Lipinski definition) is 4. The van der Waals surface area contributed by atoms with E-state index >= 15 is 0 Å². The lowest BCUT2D eigenvalue weighted by Gasteiger charge is -2.28. The summed E-state index contributed by atoms with van der Waals surface area (Å²) in [5.74, 6) is 1.000. The zero-order valence-electron chi connectivity index (χ0n) is 12.5. The molecule has 0 bridgehead atoms. The maximum atomic E-state index is 4.56. The van der Waals surface area contributed by atoms with Gasteiger partial charge in [0, 0.05) is 30.7 Å². The Labute approximate surface area is 125 Å². The summed E-state index contributed by atoms with van der Waals surface area (Å²) in [6, 6.07) is 12.8. The molecule has 4 nitrogen and oxygen atoms in total. The molecular formula is C17H20N4. The van der Waals surface area contributed by atoms with E-state index in [9.17, 15) is 0 Å². The summed E-state index contributed by atoms with van der Waals surface area (Å²) < 4.78 is 0. The number of hydrogen-bond donors (Lipinski definition) is 1. The third kappa shape index (κ3) is 3.05. The highest BCUT2D eigenvalue weighted by Crippen LogP contribution is 2.27. The summed E-state index contributed by atoms with van der Waals surface area (Å²) in [6.07, 6.45) is 3.79. The Morgan fingerprint density at radius 3 is 2.76 bits per heavy atom. The largest absolute Gasteiger partial charge is 0.382 e. The number of anilines is 2. The van der Waals surface area contributed by atoms with Crippen molar-refractivity contribution in [1.82, 2.24) is 4.98 Å². The first-order valence-electron chi connectivity index (χ1n) is 7.28. The van der Waals surface area contributed by atoms with Gasteiger partial charge in [0.15, 0.2) is 0 Å². The third-order valence-corrected chi connectivity index (χ3v) is 3.40. The molecule has 1 N–H and O–H groups in total. The number of nitrogens with one attached hydrogen (secondary N) is 1. The van der Waals surface area contributed by atoms with Crippen LogP contribution in [0.3, 0.4) is 0 Å². The van der Waals surface area contributed by atoms with Gasteiger partial charge < -0.3 is 10.2 Å². The molecule has 4 heteroatoms. The van der Waals surface area contributed by atoms with Crippen molar-refractivity contribution >= 4 is 17.7 Å². The topological polar surface area (TPSA) is 40.5 Å². The molecule has 1 aliphatic heterocycles. The molecule has 0 aliphatic carbocycles. The smallest absolute Gasteiger partial charge is 0.141 e. The van der Waals surface area contributed by atoms with Crippen molar-refractivity contribution in [2.24, 2.45) is 4.99 Å². The van der Waals surface area contributed by atoms with Crippen molar-refractivity contribution in [1.29, 1.82) is 0 Å². The highest BCUT2D eigenvalue weighted by atomic mass is 15.3. The van der Waals surface area contributed by atoms with Gasteiger partial charge in [-0.3, -0.25) is 4.99 Å². The predicted octanol–water partition coefficient (Wildman–Crippen LogP) is 3.30. The van der Waals surface area contributed by atoms with Crippen LogP contribution in [-0.2, 0) is 6.54 Å². The molecule has 0 unspecified atom stereocenters. The lowest BCUT2D eigenvalue weighted by molar-refractivity contribution is 0.787. The maximum absolute atomic E-state index is 4.56. The minimum atomic E-state index is 0.384. The van der Waals surface area contributed by atoms with Gasteiger partial charge in [-0.05, 0) is 25.5 Å². The second-order valence-corrected chi connectivity index (χ2v) is 5.53. The molecule has 0 radical (unpaired) electrons. The van der Waals surface area contributed by atoms with Gasteiger partial charge in [-0.15, -0.1) is 0 Å². The van der Waals surface area contributed by atoms with Gasteiger partial charge in [0.25, 0.3) is 0 Å². The van der Waals surface area contributed by atoms with E-state index in [2.05, 4.69) is 58.3 Å². The number of nitrogens with zero attached hydrogens (tertiary/aromatic N) is 3. The van der Waals surface area contributed by atoms with E-state index in [1.54, 1.807) is 0 Å². The molecule has 21 heavy (non-hydrogen) atoms. The molecule has 1 aromatic heterocycles. The number of pyridine rings is 1. The fourth-order valence-electron chi connectivity index (χ4n) is 2.50. The first kappa shape index (κ1) is 13.6. The Morgan fingerprint density at radius 2 is 2.00 bits per heavy atom. The normalized spacial score (nSPS) is 13.4. The zero-order chi connectivity index (χ0) is 14.7. The van der Waals surface area contributed by atoms with Crippen molar-refractivity contribution in [3.05, 3.63) is 53.7 Å². The monoisotopic (exact) mass is 280 g/mol. The van der Waals surface area contributed by atoms with Crippen LogP contribution in [0.1, 0.15) is 25.0 Å². The average Bonchev–Trinajstić information content (AvgIpc) is 2.49. The summed E-state index contributed by atoms with van der Waals surface area (Å²) in [7, 11) is 0. The van der Waals surface area contributed by atoms with Gasteiger partial charge in [-0.2, -0.15) is 0 Å². The molecule has 0 saturated carbocycles. The highest BCUT2D eigenvalue weighted by Gasteiger charge is 2.18. The second-order valence-electron chi connectivity index (χ2n) is 5.53. The minimum absolute atomic E-state index is 0.384. The fourth-order valence-corrected chi connectivity index (χ4v) is 2.50. The van der Waals surface area contributed by atoms with E-state index in [4.69, 9.17) is 0 Å². The minimum Gasteiger partial charge on any atom is -0.382 e. The lowest BCUT2D eigenvalue weighted by atomic mass is 10.1. The summed E-state index contributed by atoms with van der Waals surface area (Å²) >= 11 is 0. The molecule has 1 aromatic carbocycles. The molecule has 108 valence electrons. The quantitative estimate of drug-likeness (QED) is 0.934. The molecule has 1 aliphatic rings. The van der Waals surface area contributed by atoms with Gasteiger partial charge in [-0.25, -0.2) is 4.98 Å². The van der Waals surface area contributed by atoms with Crippen LogP contribution in [0.25, 0.3) is 0 Å². The standard InChI is InChI=1S/C17H20N4/c1-13(2)20-16-8-9-19-17-15(16)10-18-12-21(17)11-14-6-4-3-5-7-14/h3-10,13H,11-12H2,1-2H3,(H,19,20). The van der Waals surface area contributed by atoms with E-state index in [-0.39, 0.29) is 0 Å². The van der Waals surface area contributed by atoms with E-state index in [0.29, 0.717) is 12.7 Å². The van der Waals surface area contributed by atoms with Crippen molar-refractivity contribution < 1.29 is 0 Å².